The van der Waals surface area contributed by atoms with Gasteiger partial charge in [0.05, 0.1) is 5.69 Å². The first-order valence-corrected chi connectivity index (χ1v) is 6.84. The van der Waals surface area contributed by atoms with Crippen molar-refractivity contribution in [2.24, 2.45) is 11.0 Å². The zero-order chi connectivity index (χ0) is 15.5. The molecule has 0 atom stereocenters. The second-order valence-corrected chi connectivity index (χ2v) is 4.98. The van der Waals surface area contributed by atoms with Gasteiger partial charge in [0.2, 0.25) is 5.71 Å². The number of hydrazone groups is 1. The van der Waals surface area contributed by atoms with Gasteiger partial charge in [-0.05, 0) is 18.9 Å². The topological polar surface area (TPSA) is 108 Å². The summed E-state index contributed by atoms with van der Waals surface area (Å²) in [5, 5.41) is 21.1. The number of nitrogens with zero attached hydrogens (tertiary/aromatic N) is 3. The third kappa shape index (κ3) is 2.70. The van der Waals surface area contributed by atoms with E-state index in [1.54, 1.807) is 24.3 Å². The van der Waals surface area contributed by atoms with Gasteiger partial charge in [-0.2, -0.15) is 15.6 Å². The number of rotatable bonds is 4. The number of hydrogen-bond donors (Lipinski definition) is 1. The highest BCUT2D eigenvalue weighted by atomic mass is 16.6. The molecule has 110 valence electrons. The molecular formula is C15H12N4O3. The van der Waals surface area contributed by atoms with E-state index in [9.17, 15) is 4.79 Å². The lowest BCUT2D eigenvalue weighted by atomic mass is 10.0. The third-order valence-corrected chi connectivity index (χ3v) is 3.40. The second-order valence-electron chi connectivity index (χ2n) is 4.98. The van der Waals surface area contributed by atoms with E-state index in [4.69, 9.17) is 20.0 Å². The van der Waals surface area contributed by atoms with Crippen LogP contribution in [0, 0.1) is 28.6 Å². The lowest BCUT2D eigenvalue weighted by molar-refractivity contribution is 0.0967. The molecule has 0 amide bonds. The third-order valence-electron chi connectivity index (χ3n) is 3.40. The summed E-state index contributed by atoms with van der Waals surface area (Å²) in [6.07, 6.45) is 1.75. The van der Waals surface area contributed by atoms with Crippen LogP contribution in [0.1, 0.15) is 23.2 Å². The molecule has 1 aliphatic carbocycles. The van der Waals surface area contributed by atoms with Crippen molar-refractivity contribution in [3.05, 3.63) is 17.7 Å². The van der Waals surface area contributed by atoms with Gasteiger partial charge in [-0.1, -0.05) is 0 Å². The number of carbonyl (C=O) groups is 1. The van der Waals surface area contributed by atoms with E-state index in [0.29, 0.717) is 36.0 Å². The van der Waals surface area contributed by atoms with E-state index < -0.39 is 0 Å². The minimum Gasteiger partial charge on any atom is -0.486 e. The van der Waals surface area contributed by atoms with E-state index in [0.717, 1.165) is 12.8 Å². The number of ether oxygens (including phenoxy) is 2. The minimum atomic E-state index is -0.320. The Morgan fingerprint density at radius 3 is 2.41 bits per heavy atom. The van der Waals surface area contributed by atoms with Crippen molar-refractivity contribution in [1.82, 2.24) is 0 Å². The van der Waals surface area contributed by atoms with Gasteiger partial charge < -0.3 is 9.47 Å². The number of nitrogens with one attached hydrogen (secondary N) is 1. The number of anilines is 1. The first-order valence-electron chi connectivity index (χ1n) is 6.84. The van der Waals surface area contributed by atoms with E-state index in [1.807, 2.05) is 0 Å². The largest absolute Gasteiger partial charge is 0.486 e. The molecule has 1 aliphatic heterocycles. The molecule has 22 heavy (non-hydrogen) atoms. The van der Waals surface area contributed by atoms with E-state index in [1.165, 1.54) is 0 Å². The Labute approximate surface area is 126 Å². The van der Waals surface area contributed by atoms with E-state index >= 15 is 0 Å². The summed E-state index contributed by atoms with van der Waals surface area (Å²) in [6, 6.07) is 6.55. The molecule has 1 heterocycles. The summed E-state index contributed by atoms with van der Waals surface area (Å²) >= 11 is 0. The Morgan fingerprint density at radius 2 is 1.82 bits per heavy atom. The van der Waals surface area contributed by atoms with Crippen molar-refractivity contribution in [1.29, 1.82) is 10.5 Å². The Bertz CT molecular complexity index is 722. The highest BCUT2D eigenvalue weighted by Crippen LogP contribution is 2.40. The number of nitriles is 2. The van der Waals surface area contributed by atoms with Gasteiger partial charge in [-0.15, -0.1) is 0 Å². The maximum absolute atomic E-state index is 12.4. The Morgan fingerprint density at radius 1 is 1.18 bits per heavy atom. The van der Waals surface area contributed by atoms with Gasteiger partial charge in [0.15, 0.2) is 17.3 Å². The number of hydrogen-bond acceptors (Lipinski definition) is 7. The van der Waals surface area contributed by atoms with Crippen LogP contribution in [0.25, 0.3) is 0 Å². The molecule has 7 heteroatoms. The van der Waals surface area contributed by atoms with Gasteiger partial charge >= 0.3 is 0 Å². The van der Waals surface area contributed by atoms with Crippen LogP contribution in [0.2, 0.25) is 0 Å². The molecular weight excluding hydrogens is 284 g/mol. The zero-order valence-corrected chi connectivity index (χ0v) is 11.6. The first kappa shape index (κ1) is 13.9. The average molecular weight is 296 g/mol. The maximum atomic E-state index is 12.4. The Kier molecular flexibility index (Phi) is 3.63. The lowest BCUT2D eigenvalue weighted by Crippen LogP contribution is -2.17. The molecule has 1 aromatic rings. The molecule has 1 aromatic carbocycles. The molecule has 0 spiro atoms. The van der Waals surface area contributed by atoms with E-state index in [-0.39, 0.29) is 17.4 Å². The molecule has 0 aromatic heterocycles. The highest BCUT2D eigenvalue weighted by Gasteiger charge is 2.33. The zero-order valence-electron chi connectivity index (χ0n) is 11.6. The number of carbonyl (C=O) groups excluding carboxylic acids is 1. The van der Waals surface area contributed by atoms with Crippen molar-refractivity contribution in [3.63, 3.8) is 0 Å². The molecule has 0 radical (unpaired) electrons. The van der Waals surface area contributed by atoms with Crippen molar-refractivity contribution in [3.8, 4) is 23.6 Å². The van der Waals surface area contributed by atoms with Crippen molar-refractivity contribution in [2.75, 3.05) is 18.6 Å². The smallest absolute Gasteiger partial charge is 0.237 e. The van der Waals surface area contributed by atoms with Gasteiger partial charge in [0.25, 0.3) is 0 Å². The molecule has 0 saturated heterocycles. The summed E-state index contributed by atoms with van der Waals surface area (Å²) in [6.45, 7) is 0.856. The van der Waals surface area contributed by atoms with E-state index in [2.05, 4.69) is 10.5 Å². The number of ketones is 1. The predicted molar refractivity (Wildman–Crippen MR) is 76.8 cm³/mol. The van der Waals surface area contributed by atoms with Crippen LogP contribution >= 0.6 is 0 Å². The highest BCUT2D eigenvalue weighted by molar-refractivity contribution is 6.11. The molecule has 1 N–H and O–H groups in total. The van der Waals surface area contributed by atoms with Crippen molar-refractivity contribution < 1.29 is 14.3 Å². The molecule has 0 unspecified atom stereocenters. The summed E-state index contributed by atoms with van der Waals surface area (Å²) in [5.41, 5.74) is 3.14. The van der Waals surface area contributed by atoms with Crippen molar-refractivity contribution >= 4 is 17.2 Å². The maximum Gasteiger partial charge on any atom is 0.237 e. The molecule has 0 bridgehead atoms. The molecule has 2 aliphatic rings. The fourth-order valence-electron chi connectivity index (χ4n) is 2.14. The normalized spacial score (nSPS) is 15.2. The van der Waals surface area contributed by atoms with Crippen LogP contribution in [0.4, 0.5) is 5.69 Å². The fourth-order valence-corrected chi connectivity index (χ4v) is 2.14. The SMILES string of the molecule is N#CC(C#N)=NNc1cc2c(cc1C(=O)C1CC1)OCCO2. The molecule has 7 nitrogen and oxygen atoms in total. The Balaban J connectivity index is 1.98. The quantitative estimate of drug-likeness (QED) is 0.516. The minimum absolute atomic E-state index is 0.00476. The molecule has 3 rings (SSSR count). The van der Waals surface area contributed by atoms with Crippen LogP contribution in [0.5, 0.6) is 11.5 Å². The number of Topliss-reactive ketones (excluding diaryl/α,β-unsaturated/α-hetero) is 1. The van der Waals surface area contributed by atoms with Gasteiger partial charge in [-0.3, -0.25) is 10.2 Å². The summed E-state index contributed by atoms with van der Waals surface area (Å²) in [4.78, 5) is 12.4. The van der Waals surface area contributed by atoms with Crippen LogP contribution in [-0.2, 0) is 0 Å². The van der Waals surface area contributed by atoms with Crippen LogP contribution in [-0.4, -0.2) is 24.7 Å². The average Bonchev–Trinajstić information content (AvgIpc) is 3.39. The lowest BCUT2D eigenvalue weighted by Gasteiger charge is -2.20. The molecule has 1 saturated carbocycles. The van der Waals surface area contributed by atoms with Crippen LogP contribution < -0.4 is 14.9 Å². The van der Waals surface area contributed by atoms with Crippen LogP contribution in [0.15, 0.2) is 17.2 Å². The summed E-state index contributed by atoms with van der Waals surface area (Å²) in [7, 11) is 0. The number of fused-ring (bicyclic) bond motifs is 1. The standard InChI is InChI=1S/C15H12N4O3/c16-7-10(8-17)18-19-12-6-14-13(21-3-4-22-14)5-11(12)15(20)9-1-2-9/h5-6,9,19H,1-4H2. The molecule has 1 fully saturated rings. The second kappa shape index (κ2) is 5.74. The van der Waals surface area contributed by atoms with Gasteiger partial charge in [0.1, 0.15) is 25.4 Å². The monoisotopic (exact) mass is 296 g/mol. The van der Waals surface area contributed by atoms with Crippen LogP contribution in [0.3, 0.4) is 0 Å². The van der Waals surface area contributed by atoms with Gasteiger partial charge in [-0.25, -0.2) is 0 Å². The summed E-state index contributed by atoms with van der Waals surface area (Å²) < 4.78 is 11.0. The predicted octanol–water partition coefficient (Wildman–Crippen LogP) is 1.87. The summed E-state index contributed by atoms with van der Waals surface area (Å²) in [5.74, 6) is 1.06. The number of benzene rings is 1. The Hall–Kier alpha value is -3.06. The first-order chi connectivity index (χ1) is 10.7. The van der Waals surface area contributed by atoms with Gasteiger partial charge in [0, 0.05) is 17.5 Å². The van der Waals surface area contributed by atoms with Crippen molar-refractivity contribution in [2.45, 2.75) is 12.8 Å². The fraction of sp³-hybridized carbons (Fsp3) is 0.333.